The van der Waals surface area contributed by atoms with Gasteiger partial charge in [0.1, 0.15) is 5.82 Å². The average molecular weight is 364 g/mol. The molecule has 0 unspecified atom stereocenters. The Labute approximate surface area is 158 Å². The molecule has 0 bridgehead atoms. The number of amides is 2. The lowest BCUT2D eigenvalue weighted by molar-refractivity contribution is 0.200. The highest BCUT2D eigenvalue weighted by molar-refractivity contribution is 5.74. The molecule has 1 aliphatic carbocycles. The van der Waals surface area contributed by atoms with E-state index in [-0.39, 0.29) is 12.1 Å². The summed E-state index contributed by atoms with van der Waals surface area (Å²) in [6.07, 6.45) is 9.63. The predicted octanol–water partition coefficient (Wildman–Crippen LogP) is 2.90. The minimum Gasteiger partial charge on any atom is -0.336 e. The second kappa shape index (κ2) is 7.26. The maximum absolute atomic E-state index is 12.7. The van der Waals surface area contributed by atoms with E-state index >= 15 is 0 Å². The molecular weight excluding hydrogens is 340 g/mol. The van der Waals surface area contributed by atoms with Crippen molar-refractivity contribution in [2.45, 2.75) is 25.4 Å². The highest BCUT2D eigenvalue weighted by Crippen LogP contribution is 2.40. The summed E-state index contributed by atoms with van der Waals surface area (Å²) in [5, 5.41) is 7.39. The first-order valence-corrected chi connectivity index (χ1v) is 9.19. The highest BCUT2D eigenvalue weighted by atomic mass is 16.2. The Morgan fingerprint density at radius 3 is 2.63 bits per heavy atom. The monoisotopic (exact) mass is 364 g/mol. The minimum absolute atomic E-state index is 0.0258. The van der Waals surface area contributed by atoms with Crippen molar-refractivity contribution in [3.05, 3.63) is 66.5 Å². The van der Waals surface area contributed by atoms with Gasteiger partial charge in [0.2, 0.25) is 0 Å². The summed E-state index contributed by atoms with van der Waals surface area (Å²) in [6.45, 7) is 0.545. The molecule has 2 amide bonds. The van der Waals surface area contributed by atoms with E-state index in [2.05, 4.69) is 15.4 Å². The molecule has 140 valence electrons. The molecule has 3 aromatic rings. The summed E-state index contributed by atoms with van der Waals surface area (Å²) in [6, 6.07) is 9.86. The van der Waals surface area contributed by atoms with Crippen molar-refractivity contribution in [2.24, 2.45) is 13.0 Å². The van der Waals surface area contributed by atoms with Crippen LogP contribution in [0.15, 0.2) is 55.1 Å². The largest absolute Gasteiger partial charge is 0.336 e. The molecule has 1 N–H and O–H groups in total. The maximum atomic E-state index is 12.7. The van der Waals surface area contributed by atoms with Crippen LogP contribution in [0, 0.1) is 5.92 Å². The van der Waals surface area contributed by atoms with Crippen LogP contribution in [0.25, 0.3) is 5.69 Å². The molecule has 0 radical (unpaired) electrons. The number of imidazole rings is 1. The summed E-state index contributed by atoms with van der Waals surface area (Å²) in [7, 11) is 3.79. The Morgan fingerprint density at radius 2 is 2.04 bits per heavy atom. The number of nitrogens with one attached hydrogen (secondary N) is 1. The molecule has 1 aliphatic rings. The van der Waals surface area contributed by atoms with Crippen molar-refractivity contribution >= 4 is 6.03 Å². The van der Waals surface area contributed by atoms with Crippen LogP contribution < -0.4 is 5.32 Å². The van der Waals surface area contributed by atoms with Gasteiger partial charge in [-0.25, -0.2) is 14.5 Å². The number of hydrogen-bond acceptors (Lipinski definition) is 3. The molecule has 1 aromatic carbocycles. The van der Waals surface area contributed by atoms with Crippen molar-refractivity contribution < 1.29 is 4.79 Å². The molecule has 0 spiro atoms. The number of aryl methyl sites for hydroxylation is 1. The Hall–Kier alpha value is -3.09. The van der Waals surface area contributed by atoms with E-state index in [9.17, 15) is 4.79 Å². The second-order valence-electron chi connectivity index (χ2n) is 7.13. The average Bonchev–Trinajstić information content (AvgIpc) is 3.18. The van der Waals surface area contributed by atoms with E-state index in [1.807, 2.05) is 66.1 Å². The fraction of sp³-hybridized carbons (Fsp3) is 0.350. The number of benzene rings is 1. The Balaban J connectivity index is 1.39. The summed E-state index contributed by atoms with van der Waals surface area (Å²) >= 11 is 0. The van der Waals surface area contributed by atoms with Crippen LogP contribution in [0.3, 0.4) is 0 Å². The van der Waals surface area contributed by atoms with Crippen LogP contribution in [-0.4, -0.2) is 37.3 Å². The van der Waals surface area contributed by atoms with Gasteiger partial charge < -0.3 is 14.8 Å². The van der Waals surface area contributed by atoms with Gasteiger partial charge in [0.15, 0.2) is 0 Å². The number of rotatable bonds is 6. The molecule has 7 nitrogen and oxygen atoms in total. The first kappa shape index (κ1) is 17.3. The third kappa shape index (κ3) is 3.86. The summed E-state index contributed by atoms with van der Waals surface area (Å²) in [4.78, 5) is 18.9. The number of aromatic nitrogens is 4. The van der Waals surface area contributed by atoms with Gasteiger partial charge >= 0.3 is 6.03 Å². The van der Waals surface area contributed by atoms with Gasteiger partial charge in [0.25, 0.3) is 0 Å². The molecule has 27 heavy (non-hydrogen) atoms. The summed E-state index contributed by atoms with van der Waals surface area (Å²) < 4.78 is 3.80. The van der Waals surface area contributed by atoms with Gasteiger partial charge in [-0.05, 0) is 42.5 Å². The summed E-state index contributed by atoms with van der Waals surface area (Å²) in [5.41, 5.74) is 2.07. The zero-order chi connectivity index (χ0) is 18.8. The van der Waals surface area contributed by atoms with Crippen LogP contribution in [0.4, 0.5) is 4.79 Å². The van der Waals surface area contributed by atoms with Crippen LogP contribution in [-0.2, 0) is 13.6 Å². The summed E-state index contributed by atoms with van der Waals surface area (Å²) in [5.74, 6) is 1.40. The Kier molecular flexibility index (Phi) is 4.66. The molecule has 0 saturated heterocycles. The van der Waals surface area contributed by atoms with Crippen molar-refractivity contribution in [1.82, 2.24) is 29.5 Å². The topological polar surface area (TPSA) is 68.0 Å². The smallest absolute Gasteiger partial charge is 0.318 e. The molecule has 1 atom stereocenters. The SMILES string of the molecule is CN(Cc1ccc(-n2cccn2)cc1)C(=O)N[C@H](c1nccn1C)C1CC1. The molecule has 2 aromatic heterocycles. The molecule has 1 saturated carbocycles. The normalized spacial score (nSPS) is 14.7. The predicted molar refractivity (Wildman–Crippen MR) is 102 cm³/mol. The minimum atomic E-state index is -0.0777. The van der Waals surface area contributed by atoms with Crippen LogP contribution in [0.2, 0.25) is 0 Å². The standard InChI is InChI=1S/C20H24N6O/c1-24-13-11-21-19(24)18(16-6-7-16)23-20(27)25(2)14-15-4-8-17(9-5-15)26-12-3-10-22-26/h3-5,8-13,16,18H,6-7,14H2,1-2H3,(H,23,27)/t18-/m0/s1. The number of carbonyl (C=O) groups is 1. The lowest BCUT2D eigenvalue weighted by Crippen LogP contribution is -2.40. The molecule has 4 rings (SSSR count). The van der Waals surface area contributed by atoms with Gasteiger partial charge in [0, 0.05) is 45.4 Å². The van der Waals surface area contributed by atoms with E-state index in [0.717, 1.165) is 29.9 Å². The van der Waals surface area contributed by atoms with Gasteiger partial charge in [-0.15, -0.1) is 0 Å². The molecule has 1 fully saturated rings. The number of urea groups is 1. The van der Waals surface area contributed by atoms with Crippen LogP contribution in [0.1, 0.15) is 30.3 Å². The molecule has 2 heterocycles. The van der Waals surface area contributed by atoms with Crippen molar-refractivity contribution in [1.29, 1.82) is 0 Å². The van der Waals surface area contributed by atoms with Gasteiger partial charge in [-0.3, -0.25) is 0 Å². The first-order valence-electron chi connectivity index (χ1n) is 9.19. The lowest BCUT2D eigenvalue weighted by atomic mass is 10.1. The number of hydrogen-bond donors (Lipinski definition) is 1. The van der Waals surface area contributed by atoms with E-state index in [1.54, 1.807) is 17.3 Å². The number of nitrogens with zero attached hydrogens (tertiary/aromatic N) is 5. The Morgan fingerprint density at radius 1 is 1.26 bits per heavy atom. The number of carbonyl (C=O) groups excluding carboxylic acids is 1. The Bertz CT molecular complexity index is 895. The third-order valence-electron chi connectivity index (χ3n) is 4.98. The van der Waals surface area contributed by atoms with E-state index in [1.165, 1.54) is 0 Å². The van der Waals surface area contributed by atoms with Crippen LogP contribution >= 0.6 is 0 Å². The van der Waals surface area contributed by atoms with Crippen LogP contribution in [0.5, 0.6) is 0 Å². The van der Waals surface area contributed by atoms with E-state index in [4.69, 9.17) is 0 Å². The molecule has 0 aliphatic heterocycles. The van der Waals surface area contributed by atoms with Gasteiger partial charge in [0.05, 0.1) is 11.7 Å². The second-order valence-corrected chi connectivity index (χ2v) is 7.13. The van der Waals surface area contributed by atoms with E-state index in [0.29, 0.717) is 12.5 Å². The van der Waals surface area contributed by atoms with Gasteiger partial charge in [-0.2, -0.15) is 5.10 Å². The molecular formula is C20H24N6O. The molecule has 7 heteroatoms. The lowest BCUT2D eigenvalue weighted by Gasteiger charge is -2.23. The van der Waals surface area contributed by atoms with Gasteiger partial charge in [-0.1, -0.05) is 12.1 Å². The zero-order valence-corrected chi connectivity index (χ0v) is 15.6. The zero-order valence-electron chi connectivity index (χ0n) is 15.6. The highest BCUT2D eigenvalue weighted by Gasteiger charge is 2.36. The van der Waals surface area contributed by atoms with Crippen molar-refractivity contribution in [2.75, 3.05) is 7.05 Å². The fourth-order valence-corrected chi connectivity index (χ4v) is 3.26. The van der Waals surface area contributed by atoms with E-state index < -0.39 is 0 Å². The fourth-order valence-electron chi connectivity index (χ4n) is 3.26. The van der Waals surface area contributed by atoms with Crippen molar-refractivity contribution in [3.63, 3.8) is 0 Å². The third-order valence-corrected chi connectivity index (χ3v) is 4.98. The maximum Gasteiger partial charge on any atom is 0.318 e. The first-order chi connectivity index (χ1) is 13.1. The van der Waals surface area contributed by atoms with Crippen molar-refractivity contribution in [3.8, 4) is 5.69 Å². The quantitative estimate of drug-likeness (QED) is 0.731.